The fourth-order valence-corrected chi connectivity index (χ4v) is 10.1. The number of pyridine rings is 1. The summed E-state index contributed by atoms with van der Waals surface area (Å²) in [4.78, 5) is 5.19. The van der Waals surface area contributed by atoms with Crippen LogP contribution in [0.5, 0.6) is 0 Å². The van der Waals surface area contributed by atoms with Crippen molar-refractivity contribution in [3.05, 3.63) is 52.7 Å². The second kappa shape index (κ2) is 8.99. The molecule has 0 bridgehead atoms. The number of nitrogens with zero attached hydrogens (tertiary/aromatic N) is 1. The third-order valence-corrected chi connectivity index (χ3v) is 12.1. The predicted molar refractivity (Wildman–Crippen MR) is 153 cm³/mol. The highest BCUT2D eigenvalue weighted by molar-refractivity contribution is 5.83. The molecule has 2 fully saturated rings. The highest BCUT2D eigenvalue weighted by Crippen LogP contribution is 2.67. The molecule has 0 amide bonds. The molecular formula is C35H49N. The lowest BCUT2D eigenvalue weighted by molar-refractivity contribution is -0.0453. The van der Waals surface area contributed by atoms with Gasteiger partial charge in [-0.3, -0.25) is 4.98 Å². The van der Waals surface area contributed by atoms with Gasteiger partial charge in [0.1, 0.15) is 0 Å². The lowest BCUT2D eigenvalue weighted by atomic mass is 9.47. The number of allylic oxidation sites excluding steroid dienone is 2. The van der Waals surface area contributed by atoms with E-state index in [4.69, 9.17) is 4.98 Å². The molecule has 1 heterocycles. The molecule has 0 unspecified atom stereocenters. The van der Waals surface area contributed by atoms with Crippen molar-refractivity contribution in [2.24, 2.45) is 46.3 Å². The highest BCUT2D eigenvalue weighted by Gasteiger charge is 2.59. The van der Waals surface area contributed by atoms with Crippen molar-refractivity contribution < 1.29 is 0 Å². The molecular weight excluding hydrogens is 434 g/mol. The van der Waals surface area contributed by atoms with Crippen molar-refractivity contribution >= 4 is 10.9 Å². The Labute approximate surface area is 220 Å². The van der Waals surface area contributed by atoms with Gasteiger partial charge in [-0.15, -0.1) is 0 Å². The van der Waals surface area contributed by atoms with E-state index in [-0.39, 0.29) is 0 Å². The second-order valence-corrected chi connectivity index (χ2v) is 14.3. The largest absolute Gasteiger partial charge is 0.252 e. The molecule has 1 aromatic heterocycles. The molecule has 0 radical (unpaired) electrons. The number of benzene rings is 1. The van der Waals surface area contributed by atoms with Crippen molar-refractivity contribution in [3.63, 3.8) is 0 Å². The third kappa shape index (κ3) is 3.73. The number of rotatable bonds is 5. The summed E-state index contributed by atoms with van der Waals surface area (Å²) in [5, 5.41) is 1.36. The van der Waals surface area contributed by atoms with E-state index in [9.17, 15) is 0 Å². The number of para-hydroxylation sites is 1. The van der Waals surface area contributed by atoms with Gasteiger partial charge < -0.3 is 0 Å². The second-order valence-electron chi connectivity index (χ2n) is 14.3. The molecule has 7 atom stereocenters. The van der Waals surface area contributed by atoms with Gasteiger partial charge >= 0.3 is 0 Å². The maximum atomic E-state index is 5.19. The first-order valence-corrected chi connectivity index (χ1v) is 15.3. The van der Waals surface area contributed by atoms with Gasteiger partial charge in [-0.05, 0) is 109 Å². The first-order chi connectivity index (χ1) is 17.2. The van der Waals surface area contributed by atoms with Crippen LogP contribution in [0, 0.1) is 53.3 Å². The Kier molecular flexibility index (Phi) is 6.17. The molecule has 0 spiro atoms. The van der Waals surface area contributed by atoms with Crippen LogP contribution in [-0.2, 0) is 12.8 Å². The van der Waals surface area contributed by atoms with E-state index >= 15 is 0 Å². The number of aryl methyl sites for hydroxylation is 1. The Hall–Kier alpha value is -1.63. The maximum absolute atomic E-state index is 5.19. The van der Waals surface area contributed by atoms with Crippen LogP contribution in [-0.4, -0.2) is 4.98 Å². The molecule has 194 valence electrons. The van der Waals surface area contributed by atoms with Crippen LogP contribution in [0.1, 0.15) is 103 Å². The minimum Gasteiger partial charge on any atom is -0.252 e. The molecule has 1 nitrogen and oxygen atoms in total. The Morgan fingerprint density at radius 2 is 1.81 bits per heavy atom. The smallest absolute Gasteiger partial charge is 0.0708 e. The Bertz CT molecular complexity index is 1170. The normalized spacial score (nSPS) is 36.1. The SMILES string of the molecule is Cc1c2c(nc3ccccc13)CC1=CC[C@H]3[C@@H]4CC[C@H]([C@H](C)CCCC(C)C)[C@@]4(C)CC[C@@H]3[C@@]1(C)C2. The van der Waals surface area contributed by atoms with E-state index in [0.29, 0.717) is 10.8 Å². The van der Waals surface area contributed by atoms with E-state index in [2.05, 4.69) is 71.9 Å². The van der Waals surface area contributed by atoms with Crippen LogP contribution in [0.4, 0.5) is 0 Å². The van der Waals surface area contributed by atoms with Gasteiger partial charge in [-0.25, -0.2) is 0 Å². The molecule has 2 aromatic rings. The number of fused-ring (bicyclic) bond motifs is 7. The molecule has 0 N–H and O–H groups in total. The lowest BCUT2D eigenvalue weighted by Gasteiger charge is -2.58. The van der Waals surface area contributed by atoms with Gasteiger partial charge in [0.2, 0.25) is 0 Å². The van der Waals surface area contributed by atoms with E-state index in [1.165, 1.54) is 79.9 Å². The summed E-state index contributed by atoms with van der Waals surface area (Å²) in [6.07, 6.45) is 16.5. The summed E-state index contributed by atoms with van der Waals surface area (Å²) in [5.41, 5.74) is 8.23. The van der Waals surface area contributed by atoms with Crippen LogP contribution >= 0.6 is 0 Å². The summed E-state index contributed by atoms with van der Waals surface area (Å²) in [6, 6.07) is 8.79. The summed E-state index contributed by atoms with van der Waals surface area (Å²) in [7, 11) is 0. The molecule has 1 heteroatoms. The van der Waals surface area contributed by atoms with E-state index < -0.39 is 0 Å². The predicted octanol–water partition coefficient (Wildman–Crippen LogP) is 9.50. The Balaban J connectivity index is 1.27. The Morgan fingerprint density at radius 3 is 2.61 bits per heavy atom. The van der Waals surface area contributed by atoms with Crippen molar-refractivity contribution in [1.82, 2.24) is 4.98 Å². The van der Waals surface area contributed by atoms with Crippen LogP contribution in [0.25, 0.3) is 10.9 Å². The van der Waals surface area contributed by atoms with Crippen molar-refractivity contribution in [1.29, 1.82) is 0 Å². The number of hydrogen-bond donors (Lipinski definition) is 0. The van der Waals surface area contributed by atoms with Gasteiger partial charge in [0.05, 0.1) is 5.52 Å². The zero-order valence-corrected chi connectivity index (χ0v) is 23.9. The summed E-state index contributed by atoms with van der Waals surface area (Å²) < 4.78 is 0. The molecule has 6 rings (SSSR count). The van der Waals surface area contributed by atoms with Crippen LogP contribution in [0.15, 0.2) is 35.9 Å². The quantitative estimate of drug-likeness (QED) is 0.386. The van der Waals surface area contributed by atoms with Gasteiger partial charge in [0, 0.05) is 17.5 Å². The first-order valence-electron chi connectivity index (χ1n) is 15.3. The zero-order valence-electron chi connectivity index (χ0n) is 23.9. The minimum absolute atomic E-state index is 0.326. The lowest BCUT2D eigenvalue weighted by Crippen LogP contribution is -2.51. The first kappa shape index (κ1) is 24.7. The van der Waals surface area contributed by atoms with Gasteiger partial charge in [-0.1, -0.05) is 83.7 Å². The standard InChI is InChI=1S/C35H49N/c1-22(2)10-9-11-23(3)29-16-17-30-27-15-14-25-20-33-28(24(4)26-12-7-8-13-32(26)36-33)21-35(25,6)31(27)18-19-34(29,30)5/h7-8,12-14,22-23,27,29-31H,9-11,15-21H2,1-6H3/t23-,27+,29-,30+,31+,34-,35+/m1/s1. The maximum Gasteiger partial charge on any atom is 0.0708 e. The fourth-order valence-electron chi connectivity index (χ4n) is 10.1. The molecule has 0 aliphatic heterocycles. The van der Waals surface area contributed by atoms with Crippen LogP contribution in [0.3, 0.4) is 0 Å². The van der Waals surface area contributed by atoms with Crippen molar-refractivity contribution in [3.8, 4) is 0 Å². The molecule has 1 aromatic carbocycles. The van der Waals surface area contributed by atoms with Crippen molar-refractivity contribution in [2.45, 2.75) is 106 Å². The van der Waals surface area contributed by atoms with Gasteiger partial charge in [0.25, 0.3) is 0 Å². The Morgan fingerprint density at radius 1 is 1.00 bits per heavy atom. The van der Waals surface area contributed by atoms with E-state index in [1.807, 2.05) is 0 Å². The summed E-state index contributed by atoms with van der Waals surface area (Å²) >= 11 is 0. The number of aromatic nitrogens is 1. The van der Waals surface area contributed by atoms with Crippen molar-refractivity contribution in [2.75, 3.05) is 0 Å². The molecule has 4 aliphatic rings. The van der Waals surface area contributed by atoms with Gasteiger partial charge in [0.15, 0.2) is 0 Å². The molecule has 36 heavy (non-hydrogen) atoms. The molecule has 0 saturated heterocycles. The van der Waals surface area contributed by atoms with Crippen LogP contribution in [0.2, 0.25) is 0 Å². The van der Waals surface area contributed by atoms with Gasteiger partial charge in [-0.2, -0.15) is 0 Å². The monoisotopic (exact) mass is 483 g/mol. The zero-order chi connectivity index (χ0) is 25.2. The van der Waals surface area contributed by atoms with Crippen LogP contribution < -0.4 is 0 Å². The third-order valence-electron chi connectivity index (χ3n) is 12.1. The topological polar surface area (TPSA) is 12.9 Å². The molecule has 4 aliphatic carbocycles. The number of hydrogen-bond acceptors (Lipinski definition) is 1. The highest BCUT2D eigenvalue weighted by atomic mass is 14.7. The van der Waals surface area contributed by atoms with E-state index in [1.54, 1.807) is 11.1 Å². The average Bonchev–Trinajstić information content (AvgIpc) is 3.20. The summed E-state index contributed by atoms with van der Waals surface area (Å²) in [6.45, 7) is 15.1. The fraction of sp³-hybridized carbons (Fsp3) is 0.686. The summed E-state index contributed by atoms with van der Waals surface area (Å²) in [5.74, 6) is 5.36. The van der Waals surface area contributed by atoms with E-state index in [0.717, 1.165) is 41.9 Å². The minimum atomic E-state index is 0.326. The average molecular weight is 484 g/mol. The molecule has 2 saturated carbocycles.